The number of amides is 1. The molecule has 0 unspecified atom stereocenters. The van der Waals surface area contributed by atoms with Crippen molar-refractivity contribution in [3.05, 3.63) is 58.6 Å². The van der Waals surface area contributed by atoms with Gasteiger partial charge in [0.05, 0.1) is 17.7 Å². The van der Waals surface area contributed by atoms with E-state index in [4.69, 9.17) is 9.47 Å². The van der Waals surface area contributed by atoms with Gasteiger partial charge >= 0.3 is 6.09 Å². The fourth-order valence-corrected chi connectivity index (χ4v) is 1.63. The number of nitro groups is 1. The number of hydrogen-bond donors (Lipinski definition) is 1. The van der Waals surface area contributed by atoms with Gasteiger partial charge in [0.1, 0.15) is 11.5 Å². The minimum Gasteiger partial charge on any atom is -0.495 e. The molecule has 0 radical (unpaired) electrons. The first-order valence-corrected chi connectivity index (χ1v) is 5.96. The second-order valence-corrected chi connectivity index (χ2v) is 3.97. The molecule has 21 heavy (non-hydrogen) atoms. The van der Waals surface area contributed by atoms with Crippen molar-refractivity contribution in [1.29, 1.82) is 0 Å². The van der Waals surface area contributed by atoms with E-state index in [1.807, 2.05) is 0 Å². The first-order chi connectivity index (χ1) is 10.1. The lowest BCUT2D eigenvalue weighted by Gasteiger charge is -2.09. The molecule has 0 spiro atoms. The van der Waals surface area contributed by atoms with Gasteiger partial charge in [-0.3, -0.25) is 15.4 Å². The quantitative estimate of drug-likeness (QED) is 0.689. The van der Waals surface area contributed by atoms with E-state index in [1.54, 1.807) is 24.3 Å². The zero-order valence-electron chi connectivity index (χ0n) is 11.1. The molecule has 0 bridgehead atoms. The highest BCUT2D eigenvalue weighted by Crippen LogP contribution is 2.24. The van der Waals surface area contributed by atoms with Crippen LogP contribution >= 0.6 is 0 Å². The maximum Gasteiger partial charge on any atom is 0.417 e. The van der Waals surface area contributed by atoms with E-state index in [0.29, 0.717) is 11.4 Å². The van der Waals surface area contributed by atoms with Crippen molar-refractivity contribution in [2.24, 2.45) is 0 Å². The molecule has 2 aromatic carbocycles. The Kier molecular flexibility index (Phi) is 4.35. The van der Waals surface area contributed by atoms with Gasteiger partial charge in [-0.05, 0) is 24.3 Å². The van der Waals surface area contributed by atoms with Gasteiger partial charge in [-0.15, -0.1) is 0 Å². The summed E-state index contributed by atoms with van der Waals surface area (Å²) in [6.45, 7) is 0. The Hall–Kier alpha value is -3.09. The van der Waals surface area contributed by atoms with Crippen LogP contribution in [0.5, 0.6) is 11.5 Å². The molecule has 0 saturated heterocycles. The number of nitro benzene ring substituents is 1. The average Bonchev–Trinajstić information content (AvgIpc) is 2.48. The van der Waals surface area contributed by atoms with Gasteiger partial charge in [-0.1, -0.05) is 12.1 Å². The zero-order chi connectivity index (χ0) is 15.2. The van der Waals surface area contributed by atoms with Gasteiger partial charge in [0.15, 0.2) is 0 Å². The van der Waals surface area contributed by atoms with E-state index >= 15 is 0 Å². The van der Waals surface area contributed by atoms with Gasteiger partial charge in [0.25, 0.3) is 5.69 Å². The predicted octanol–water partition coefficient (Wildman–Crippen LogP) is 3.21. The number of benzene rings is 2. The highest BCUT2D eigenvalue weighted by molar-refractivity contribution is 5.88. The van der Waals surface area contributed by atoms with Crippen LogP contribution in [0.15, 0.2) is 48.5 Å². The molecular weight excluding hydrogens is 276 g/mol. The molecule has 1 N–H and O–H groups in total. The molecule has 0 saturated carbocycles. The van der Waals surface area contributed by atoms with E-state index in [1.165, 1.54) is 31.4 Å². The molecule has 0 heterocycles. The van der Waals surface area contributed by atoms with Gasteiger partial charge < -0.3 is 9.47 Å². The smallest absolute Gasteiger partial charge is 0.417 e. The van der Waals surface area contributed by atoms with Crippen molar-refractivity contribution >= 4 is 17.5 Å². The second kappa shape index (κ2) is 6.38. The van der Waals surface area contributed by atoms with Crippen molar-refractivity contribution in [2.45, 2.75) is 0 Å². The molecule has 2 aromatic rings. The summed E-state index contributed by atoms with van der Waals surface area (Å²) in [7, 11) is 1.49. The largest absolute Gasteiger partial charge is 0.495 e. The summed E-state index contributed by atoms with van der Waals surface area (Å²) in [5.41, 5.74) is 0.388. The molecule has 1 amide bonds. The van der Waals surface area contributed by atoms with Crippen LogP contribution in [0.4, 0.5) is 16.2 Å². The number of ether oxygens (including phenoxy) is 2. The van der Waals surface area contributed by atoms with Crippen LogP contribution in [-0.4, -0.2) is 18.1 Å². The summed E-state index contributed by atoms with van der Waals surface area (Å²) >= 11 is 0. The molecule has 0 aliphatic heterocycles. The van der Waals surface area contributed by atoms with Crippen LogP contribution in [0.2, 0.25) is 0 Å². The molecular formula is C14H12N2O5. The lowest BCUT2D eigenvalue weighted by molar-refractivity contribution is -0.384. The Morgan fingerprint density at radius 2 is 1.81 bits per heavy atom. The van der Waals surface area contributed by atoms with Crippen LogP contribution in [0, 0.1) is 10.1 Å². The molecule has 2 rings (SSSR count). The van der Waals surface area contributed by atoms with E-state index < -0.39 is 11.0 Å². The number of anilines is 1. The Morgan fingerprint density at radius 3 is 2.43 bits per heavy atom. The molecule has 108 valence electrons. The predicted molar refractivity (Wildman–Crippen MR) is 75.7 cm³/mol. The Balaban J connectivity index is 2.03. The Labute approximate surface area is 120 Å². The maximum atomic E-state index is 11.7. The number of nitrogens with one attached hydrogen (secondary N) is 1. The summed E-state index contributed by atoms with van der Waals surface area (Å²) in [5, 5.41) is 13.0. The number of rotatable bonds is 4. The van der Waals surface area contributed by atoms with Crippen molar-refractivity contribution < 1.29 is 19.2 Å². The van der Waals surface area contributed by atoms with Crippen LogP contribution in [0.1, 0.15) is 0 Å². The standard InChI is InChI=1S/C14H12N2O5/c1-20-13-5-3-2-4-12(13)15-14(17)21-11-8-6-10(7-9-11)16(18)19/h2-9H,1H3,(H,15,17). The second-order valence-electron chi connectivity index (χ2n) is 3.97. The summed E-state index contributed by atoms with van der Waals surface area (Å²) < 4.78 is 10.1. The maximum absolute atomic E-state index is 11.7. The third kappa shape index (κ3) is 3.69. The van der Waals surface area contributed by atoms with Crippen molar-refractivity contribution in [3.63, 3.8) is 0 Å². The van der Waals surface area contributed by atoms with E-state index in [9.17, 15) is 14.9 Å². The molecule has 0 aliphatic carbocycles. The normalized spacial score (nSPS) is 9.76. The number of non-ortho nitro benzene ring substituents is 1. The van der Waals surface area contributed by atoms with E-state index in [2.05, 4.69) is 5.32 Å². The number of methoxy groups -OCH3 is 1. The van der Waals surface area contributed by atoms with Crippen molar-refractivity contribution in [1.82, 2.24) is 0 Å². The summed E-state index contributed by atoms with van der Waals surface area (Å²) in [5.74, 6) is 0.700. The summed E-state index contributed by atoms with van der Waals surface area (Å²) in [4.78, 5) is 21.7. The number of carbonyl (C=O) groups excluding carboxylic acids is 1. The Morgan fingerprint density at radius 1 is 1.14 bits per heavy atom. The molecule has 0 aromatic heterocycles. The lowest BCUT2D eigenvalue weighted by Crippen LogP contribution is -2.17. The number of nitrogens with zero attached hydrogens (tertiary/aromatic N) is 1. The highest BCUT2D eigenvalue weighted by Gasteiger charge is 2.10. The van der Waals surface area contributed by atoms with E-state index in [0.717, 1.165) is 0 Å². The fraction of sp³-hybridized carbons (Fsp3) is 0.0714. The topological polar surface area (TPSA) is 90.7 Å². The average molecular weight is 288 g/mol. The first kappa shape index (κ1) is 14.3. The highest BCUT2D eigenvalue weighted by atomic mass is 16.6. The van der Waals surface area contributed by atoms with Gasteiger partial charge in [-0.2, -0.15) is 0 Å². The summed E-state index contributed by atoms with van der Waals surface area (Å²) in [6, 6.07) is 12.1. The van der Waals surface area contributed by atoms with Gasteiger partial charge in [0, 0.05) is 12.1 Å². The molecule has 0 fully saturated rings. The number of para-hydroxylation sites is 2. The Bertz CT molecular complexity index is 655. The number of hydrogen-bond acceptors (Lipinski definition) is 5. The molecule has 7 heteroatoms. The van der Waals surface area contributed by atoms with E-state index in [-0.39, 0.29) is 11.4 Å². The molecule has 0 aliphatic rings. The van der Waals surface area contributed by atoms with Crippen LogP contribution in [-0.2, 0) is 0 Å². The molecule has 7 nitrogen and oxygen atoms in total. The van der Waals surface area contributed by atoms with Gasteiger partial charge in [0.2, 0.25) is 0 Å². The lowest BCUT2D eigenvalue weighted by atomic mass is 10.3. The minimum absolute atomic E-state index is 0.0764. The summed E-state index contributed by atoms with van der Waals surface area (Å²) in [6.07, 6.45) is -0.714. The number of carbonyl (C=O) groups is 1. The van der Waals surface area contributed by atoms with Crippen LogP contribution in [0.3, 0.4) is 0 Å². The SMILES string of the molecule is COc1ccccc1NC(=O)Oc1ccc([N+](=O)[O-])cc1. The first-order valence-electron chi connectivity index (χ1n) is 5.96. The zero-order valence-corrected chi connectivity index (χ0v) is 11.1. The van der Waals surface area contributed by atoms with Crippen LogP contribution in [0.25, 0.3) is 0 Å². The van der Waals surface area contributed by atoms with Crippen LogP contribution < -0.4 is 14.8 Å². The third-order valence-corrected chi connectivity index (χ3v) is 2.60. The van der Waals surface area contributed by atoms with Crippen molar-refractivity contribution in [2.75, 3.05) is 12.4 Å². The van der Waals surface area contributed by atoms with Gasteiger partial charge in [-0.25, -0.2) is 4.79 Å². The third-order valence-electron chi connectivity index (χ3n) is 2.60. The fourth-order valence-electron chi connectivity index (χ4n) is 1.63. The van der Waals surface area contributed by atoms with Crippen molar-refractivity contribution in [3.8, 4) is 11.5 Å². The minimum atomic E-state index is -0.714. The molecule has 0 atom stereocenters. The monoisotopic (exact) mass is 288 g/mol.